The van der Waals surface area contributed by atoms with E-state index in [-0.39, 0.29) is 12.4 Å². The first-order valence-electron chi connectivity index (χ1n) is 6.34. The third kappa shape index (κ3) is 5.51. The maximum atomic E-state index is 11.4. The van der Waals surface area contributed by atoms with E-state index in [1.165, 1.54) is 6.92 Å². The van der Waals surface area contributed by atoms with Crippen molar-refractivity contribution >= 4 is 17.7 Å². The van der Waals surface area contributed by atoms with E-state index in [1.54, 1.807) is 24.3 Å². The van der Waals surface area contributed by atoms with Crippen LogP contribution >= 0.6 is 0 Å². The number of urea groups is 1. The molecule has 0 atom stereocenters. The van der Waals surface area contributed by atoms with Gasteiger partial charge < -0.3 is 10.1 Å². The van der Waals surface area contributed by atoms with Crippen molar-refractivity contribution in [3.05, 3.63) is 29.8 Å². The van der Waals surface area contributed by atoms with Gasteiger partial charge >= 0.3 is 6.03 Å². The molecule has 0 spiro atoms. The summed E-state index contributed by atoms with van der Waals surface area (Å²) in [6, 6.07) is 5.97. The molecule has 0 aliphatic carbocycles. The van der Waals surface area contributed by atoms with Gasteiger partial charge in [0.2, 0.25) is 0 Å². The highest BCUT2D eigenvalue weighted by molar-refractivity contribution is 5.95. The molecule has 0 unspecified atom stereocenters. The van der Waals surface area contributed by atoms with Crippen molar-refractivity contribution in [1.29, 1.82) is 0 Å². The second-order valence-electron chi connectivity index (χ2n) is 4.18. The van der Waals surface area contributed by atoms with Crippen molar-refractivity contribution < 1.29 is 19.1 Å². The third-order valence-corrected chi connectivity index (χ3v) is 2.40. The molecule has 1 aromatic carbocycles. The van der Waals surface area contributed by atoms with Crippen LogP contribution < -0.4 is 15.4 Å². The number of imide groups is 1. The number of ether oxygens (including phenoxy) is 1. The molecular weight excluding hydrogens is 260 g/mol. The van der Waals surface area contributed by atoms with Crippen LogP contribution in [0.2, 0.25) is 0 Å². The molecule has 6 nitrogen and oxygen atoms in total. The second kappa shape index (κ2) is 7.93. The Bertz CT molecular complexity index is 500. The maximum Gasteiger partial charge on any atom is 0.321 e. The lowest BCUT2D eigenvalue weighted by Gasteiger charge is -2.08. The van der Waals surface area contributed by atoms with Gasteiger partial charge in [-0.05, 0) is 25.5 Å². The zero-order chi connectivity index (χ0) is 15.0. The van der Waals surface area contributed by atoms with Crippen LogP contribution in [-0.4, -0.2) is 30.9 Å². The maximum absolute atomic E-state index is 11.4. The van der Waals surface area contributed by atoms with Gasteiger partial charge in [0, 0.05) is 12.1 Å². The standard InChI is InChI=1S/C14H18N2O4/c1-3-7-15-14(19)16-13(18)9-20-12-6-4-5-11(8-12)10(2)17/h4-6,8H,3,7,9H2,1-2H3,(H2,15,16,18,19). The van der Waals surface area contributed by atoms with Gasteiger partial charge in [0.15, 0.2) is 12.4 Å². The molecule has 6 heteroatoms. The summed E-state index contributed by atoms with van der Waals surface area (Å²) in [6.45, 7) is 3.57. The zero-order valence-corrected chi connectivity index (χ0v) is 11.6. The first kappa shape index (κ1) is 15.7. The van der Waals surface area contributed by atoms with E-state index in [1.807, 2.05) is 6.92 Å². The van der Waals surface area contributed by atoms with E-state index in [9.17, 15) is 14.4 Å². The van der Waals surface area contributed by atoms with Crippen LogP contribution in [0.25, 0.3) is 0 Å². The van der Waals surface area contributed by atoms with Gasteiger partial charge in [-0.1, -0.05) is 19.1 Å². The van der Waals surface area contributed by atoms with Gasteiger partial charge in [-0.3, -0.25) is 14.9 Å². The molecule has 0 aromatic heterocycles. The molecule has 20 heavy (non-hydrogen) atoms. The second-order valence-corrected chi connectivity index (χ2v) is 4.18. The molecule has 1 aromatic rings. The minimum absolute atomic E-state index is 0.0844. The van der Waals surface area contributed by atoms with Gasteiger partial charge in [0.25, 0.3) is 5.91 Å². The van der Waals surface area contributed by atoms with E-state index in [4.69, 9.17) is 4.74 Å². The average molecular weight is 278 g/mol. The van der Waals surface area contributed by atoms with E-state index in [0.717, 1.165) is 6.42 Å². The summed E-state index contributed by atoms with van der Waals surface area (Å²) in [7, 11) is 0. The number of hydrogen-bond donors (Lipinski definition) is 2. The number of nitrogens with one attached hydrogen (secondary N) is 2. The quantitative estimate of drug-likeness (QED) is 0.772. The van der Waals surface area contributed by atoms with E-state index < -0.39 is 11.9 Å². The summed E-state index contributed by atoms with van der Waals surface area (Å²) in [5.41, 5.74) is 0.503. The predicted octanol–water partition coefficient (Wildman–Crippen LogP) is 1.50. The Kier molecular flexibility index (Phi) is 6.22. The smallest absolute Gasteiger partial charge is 0.321 e. The molecule has 108 valence electrons. The summed E-state index contributed by atoms with van der Waals surface area (Å²) in [4.78, 5) is 33.9. The third-order valence-electron chi connectivity index (χ3n) is 2.40. The predicted molar refractivity (Wildman–Crippen MR) is 73.8 cm³/mol. The number of carbonyl (C=O) groups is 3. The topological polar surface area (TPSA) is 84.5 Å². The van der Waals surface area contributed by atoms with Crippen molar-refractivity contribution in [3.8, 4) is 5.75 Å². The van der Waals surface area contributed by atoms with Crippen molar-refractivity contribution in [2.24, 2.45) is 0 Å². The van der Waals surface area contributed by atoms with Gasteiger partial charge in [0.1, 0.15) is 5.75 Å². The SMILES string of the molecule is CCCNC(=O)NC(=O)COc1cccc(C(C)=O)c1. The van der Waals surface area contributed by atoms with Crippen molar-refractivity contribution in [1.82, 2.24) is 10.6 Å². The lowest BCUT2D eigenvalue weighted by atomic mass is 10.1. The Labute approximate surface area is 117 Å². The van der Waals surface area contributed by atoms with E-state index in [2.05, 4.69) is 10.6 Å². The Morgan fingerprint density at radius 2 is 2.00 bits per heavy atom. The first-order valence-corrected chi connectivity index (χ1v) is 6.34. The molecule has 1 rings (SSSR count). The van der Waals surface area contributed by atoms with Crippen molar-refractivity contribution in [3.63, 3.8) is 0 Å². The van der Waals surface area contributed by atoms with Gasteiger partial charge in [-0.25, -0.2) is 4.79 Å². The van der Waals surface area contributed by atoms with Crippen molar-refractivity contribution in [2.45, 2.75) is 20.3 Å². The van der Waals surface area contributed by atoms with Crippen molar-refractivity contribution in [2.75, 3.05) is 13.2 Å². The number of benzene rings is 1. The Morgan fingerprint density at radius 3 is 2.65 bits per heavy atom. The summed E-state index contributed by atoms with van der Waals surface area (Å²) in [5, 5.41) is 4.66. The molecule has 2 N–H and O–H groups in total. The van der Waals surface area contributed by atoms with E-state index in [0.29, 0.717) is 17.9 Å². The molecule has 0 saturated carbocycles. The average Bonchev–Trinajstić information content (AvgIpc) is 2.43. The molecule has 0 saturated heterocycles. The Hall–Kier alpha value is -2.37. The largest absolute Gasteiger partial charge is 0.484 e. The molecule has 0 heterocycles. The van der Waals surface area contributed by atoms with E-state index >= 15 is 0 Å². The molecule has 0 aliphatic heterocycles. The summed E-state index contributed by atoms with van der Waals surface area (Å²) >= 11 is 0. The minimum Gasteiger partial charge on any atom is -0.484 e. The summed E-state index contributed by atoms with van der Waals surface area (Å²) in [5.74, 6) is -0.229. The molecule has 0 fully saturated rings. The summed E-state index contributed by atoms with van der Waals surface area (Å²) < 4.78 is 5.22. The van der Waals surface area contributed by atoms with Crippen LogP contribution in [0, 0.1) is 0 Å². The number of amides is 3. The molecule has 3 amide bonds. The van der Waals surface area contributed by atoms with Crippen LogP contribution in [0.4, 0.5) is 4.79 Å². The molecule has 0 aliphatic rings. The molecule has 0 radical (unpaired) electrons. The van der Waals surface area contributed by atoms with Crippen LogP contribution in [0.5, 0.6) is 5.75 Å². The van der Waals surface area contributed by atoms with Crippen LogP contribution in [-0.2, 0) is 4.79 Å². The van der Waals surface area contributed by atoms with Gasteiger partial charge in [0.05, 0.1) is 0 Å². The number of carbonyl (C=O) groups excluding carboxylic acids is 3. The van der Waals surface area contributed by atoms with Crippen LogP contribution in [0.3, 0.4) is 0 Å². The summed E-state index contributed by atoms with van der Waals surface area (Å²) in [6.07, 6.45) is 0.788. The van der Waals surface area contributed by atoms with Gasteiger partial charge in [-0.2, -0.15) is 0 Å². The Balaban J connectivity index is 2.43. The normalized spacial score (nSPS) is 9.70. The highest BCUT2D eigenvalue weighted by atomic mass is 16.5. The molecular formula is C14H18N2O4. The van der Waals surface area contributed by atoms with Crippen LogP contribution in [0.15, 0.2) is 24.3 Å². The fourth-order valence-corrected chi connectivity index (χ4v) is 1.40. The zero-order valence-electron chi connectivity index (χ0n) is 11.6. The number of Topliss-reactive ketones (excluding diaryl/α,β-unsaturated/α-hetero) is 1. The fourth-order valence-electron chi connectivity index (χ4n) is 1.40. The number of hydrogen-bond acceptors (Lipinski definition) is 4. The number of ketones is 1. The lowest BCUT2D eigenvalue weighted by molar-refractivity contribution is -0.122. The lowest BCUT2D eigenvalue weighted by Crippen LogP contribution is -2.41. The fraction of sp³-hybridized carbons (Fsp3) is 0.357. The minimum atomic E-state index is -0.549. The number of rotatable bonds is 6. The Morgan fingerprint density at radius 1 is 1.25 bits per heavy atom. The highest BCUT2D eigenvalue weighted by Gasteiger charge is 2.08. The first-order chi connectivity index (χ1) is 9.52. The van der Waals surface area contributed by atoms with Gasteiger partial charge in [-0.15, -0.1) is 0 Å². The van der Waals surface area contributed by atoms with Crippen LogP contribution in [0.1, 0.15) is 30.6 Å². The monoisotopic (exact) mass is 278 g/mol. The molecule has 0 bridgehead atoms. The highest BCUT2D eigenvalue weighted by Crippen LogP contribution is 2.13.